The molecule has 6 nitrogen and oxygen atoms in total. The van der Waals surface area contributed by atoms with Crippen molar-refractivity contribution in [2.45, 2.75) is 63.6 Å². The smallest absolute Gasteiger partial charge is 0.422 e. The summed E-state index contributed by atoms with van der Waals surface area (Å²) in [4.78, 5) is 17.3. The first-order valence-electron chi connectivity index (χ1n) is 10.1. The van der Waals surface area contributed by atoms with E-state index >= 15 is 0 Å². The Hall–Kier alpha value is -2.58. The number of aryl methyl sites for hydroxylation is 1. The minimum Gasteiger partial charge on any atom is -0.484 e. The van der Waals surface area contributed by atoms with E-state index in [1.807, 2.05) is 6.92 Å². The number of alkyl halides is 3. The SMILES string of the molecule is Cc1nc(C(C)(CC2CC2)NC(=O)c2ccc(C3CC3)c(OCC(F)(F)F)c2)no1. The largest absolute Gasteiger partial charge is 0.484 e. The minimum atomic E-state index is -4.45. The maximum Gasteiger partial charge on any atom is 0.422 e. The molecule has 1 aromatic heterocycles. The molecule has 2 aromatic rings. The van der Waals surface area contributed by atoms with E-state index in [9.17, 15) is 18.0 Å². The van der Waals surface area contributed by atoms with Gasteiger partial charge >= 0.3 is 6.18 Å². The summed E-state index contributed by atoms with van der Waals surface area (Å²) in [6, 6.07) is 4.71. The number of hydrogen-bond donors (Lipinski definition) is 1. The molecule has 2 fully saturated rings. The van der Waals surface area contributed by atoms with E-state index in [1.165, 1.54) is 6.07 Å². The lowest BCUT2D eigenvalue weighted by molar-refractivity contribution is -0.153. The maximum absolute atomic E-state index is 13.0. The molecule has 1 heterocycles. The first kappa shape index (κ1) is 20.7. The summed E-state index contributed by atoms with van der Waals surface area (Å²) in [6.07, 6.45) is 0.185. The van der Waals surface area contributed by atoms with Crippen molar-refractivity contribution in [3.63, 3.8) is 0 Å². The van der Waals surface area contributed by atoms with Crippen LogP contribution in [0.25, 0.3) is 0 Å². The molecule has 0 saturated heterocycles. The van der Waals surface area contributed by atoms with Crippen LogP contribution in [0.2, 0.25) is 0 Å². The van der Waals surface area contributed by atoms with Crippen molar-refractivity contribution in [3.8, 4) is 5.75 Å². The lowest BCUT2D eigenvalue weighted by Gasteiger charge is -2.28. The topological polar surface area (TPSA) is 77.2 Å². The average Bonchev–Trinajstić information content (AvgIpc) is 3.59. The van der Waals surface area contributed by atoms with Crippen molar-refractivity contribution in [2.24, 2.45) is 5.92 Å². The third-order valence-corrected chi connectivity index (χ3v) is 5.49. The third kappa shape index (κ3) is 4.94. The summed E-state index contributed by atoms with van der Waals surface area (Å²) in [6.45, 7) is 2.13. The first-order valence-corrected chi connectivity index (χ1v) is 10.1. The lowest BCUT2D eigenvalue weighted by atomic mass is 9.93. The second-order valence-electron chi connectivity index (χ2n) is 8.50. The highest BCUT2D eigenvalue weighted by molar-refractivity contribution is 5.95. The fourth-order valence-electron chi connectivity index (χ4n) is 3.64. The van der Waals surface area contributed by atoms with E-state index in [0.717, 1.165) is 25.7 Å². The average molecular weight is 423 g/mol. The van der Waals surface area contributed by atoms with Crippen LogP contribution in [0.15, 0.2) is 22.7 Å². The van der Waals surface area contributed by atoms with Crippen LogP contribution >= 0.6 is 0 Å². The molecule has 0 spiro atoms. The number of aromatic nitrogens is 2. The van der Waals surface area contributed by atoms with Gasteiger partial charge in [0.1, 0.15) is 11.3 Å². The number of nitrogens with zero attached hydrogens (tertiary/aromatic N) is 2. The van der Waals surface area contributed by atoms with Gasteiger partial charge in [-0.05, 0) is 55.7 Å². The van der Waals surface area contributed by atoms with Gasteiger partial charge in [0.15, 0.2) is 12.4 Å². The van der Waals surface area contributed by atoms with Crippen LogP contribution in [0.3, 0.4) is 0 Å². The van der Waals surface area contributed by atoms with Crippen molar-refractivity contribution in [2.75, 3.05) is 6.61 Å². The molecular weight excluding hydrogens is 399 g/mol. The summed E-state index contributed by atoms with van der Waals surface area (Å²) < 4.78 is 48.1. The van der Waals surface area contributed by atoms with Crippen molar-refractivity contribution >= 4 is 5.91 Å². The van der Waals surface area contributed by atoms with E-state index in [0.29, 0.717) is 29.6 Å². The second-order valence-corrected chi connectivity index (χ2v) is 8.50. The van der Waals surface area contributed by atoms with Gasteiger partial charge in [-0.2, -0.15) is 18.2 Å². The van der Waals surface area contributed by atoms with Crippen LogP contribution in [-0.4, -0.2) is 28.8 Å². The Labute approximate surface area is 172 Å². The summed E-state index contributed by atoms with van der Waals surface area (Å²) in [5.41, 5.74) is 0.113. The molecule has 1 atom stereocenters. The fourth-order valence-corrected chi connectivity index (χ4v) is 3.64. The molecule has 0 radical (unpaired) electrons. The summed E-state index contributed by atoms with van der Waals surface area (Å²) in [7, 11) is 0. The number of nitrogens with one attached hydrogen (secondary N) is 1. The van der Waals surface area contributed by atoms with E-state index in [1.54, 1.807) is 19.1 Å². The van der Waals surface area contributed by atoms with Gasteiger partial charge in [-0.25, -0.2) is 0 Å². The van der Waals surface area contributed by atoms with Crippen LogP contribution in [0.4, 0.5) is 13.2 Å². The molecule has 1 unspecified atom stereocenters. The van der Waals surface area contributed by atoms with Crippen LogP contribution in [0.1, 0.15) is 72.6 Å². The van der Waals surface area contributed by atoms with Gasteiger partial charge in [-0.15, -0.1) is 0 Å². The van der Waals surface area contributed by atoms with Crippen LogP contribution in [0, 0.1) is 12.8 Å². The van der Waals surface area contributed by atoms with Gasteiger partial charge < -0.3 is 14.6 Å². The zero-order valence-corrected chi connectivity index (χ0v) is 16.9. The number of carbonyl (C=O) groups is 1. The van der Waals surface area contributed by atoms with Crippen molar-refractivity contribution in [3.05, 3.63) is 41.0 Å². The molecule has 2 aliphatic rings. The van der Waals surface area contributed by atoms with Crippen LogP contribution < -0.4 is 10.1 Å². The standard InChI is InChI=1S/C21H24F3N3O3/c1-12-25-19(27-30-12)20(2,10-13-3-4-13)26-18(28)15-7-8-16(14-5-6-14)17(9-15)29-11-21(22,23)24/h7-9,13-14H,3-6,10-11H2,1-2H3,(H,26,28). The predicted molar refractivity (Wildman–Crippen MR) is 101 cm³/mol. The molecular formula is C21H24F3N3O3. The van der Waals surface area contributed by atoms with Crippen LogP contribution in [-0.2, 0) is 5.54 Å². The van der Waals surface area contributed by atoms with Gasteiger partial charge in [-0.1, -0.05) is 24.1 Å². The number of benzene rings is 1. The van der Waals surface area contributed by atoms with Crippen LogP contribution in [0.5, 0.6) is 5.75 Å². The highest BCUT2D eigenvalue weighted by Crippen LogP contribution is 2.45. The highest BCUT2D eigenvalue weighted by atomic mass is 19.4. The predicted octanol–water partition coefficient (Wildman–Crippen LogP) is 4.64. The Morgan fingerprint density at radius 1 is 1.27 bits per heavy atom. The Morgan fingerprint density at radius 2 is 2.00 bits per heavy atom. The molecule has 4 rings (SSSR count). The number of rotatable bonds is 8. The summed E-state index contributed by atoms with van der Waals surface area (Å²) in [5.74, 6) is 1.15. The van der Waals surface area contributed by atoms with Gasteiger partial charge in [-0.3, -0.25) is 4.79 Å². The van der Waals surface area contributed by atoms with Crippen molar-refractivity contribution in [1.82, 2.24) is 15.5 Å². The number of amides is 1. The molecule has 0 bridgehead atoms. The fraction of sp³-hybridized carbons (Fsp3) is 0.571. The molecule has 162 valence electrons. The van der Waals surface area contributed by atoms with Gasteiger partial charge in [0.2, 0.25) is 5.89 Å². The molecule has 1 amide bonds. The molecule has 1 aromatic carbocycles. The molecule has 9 heteroatoms. The number of carbonyl (C=O) groups excluding carboxylic acids is 1. The number of hydrogen-bond acceptors (Lipinski definition) is 5. The van der Waals surface area contributed by atoms with Gasteiger partial charge in [0, 0.05) is 12.5 Å². The normalized spacial score (nSPS) is 18.7. The first-order chi connectivity index (χ1) is 14.1. The molecule has 1 N–H and O–H groups in total. The van der Waals surface area contributed by atoms with Gasteiger partial charge in [0.05, 0.1) is 0 Å². The minimum absolute atomic E-state index is 0.113. The second kappa shape index (κ2) is 7.59. The van der Waals surface area contributed by atoms with Crippen molar-refractivity contribution < 1.29 is 27.2 Å². The van der Waals surface area contributed by atoms with Crippen molar-refractivity contribution in [1.29, 1.82) is 0 Å². The van der Waals surface area contributed by atoms with E-state index in [2.05, 4.69) is 15.5 Å². The summed E-state index contributed by atoms with van der Waals surface area (Å²) in [5, 5.41) is 6.96. The number of ether oxygens (including phenoxy) is 1. The van der Waals surface area contributed by atoms with E-state index < -0.39 is 24.2 Å². The maximum atomic E-state index is 13.0. The van der Waals surface area contributed by atoms with E-state index in [-0.39, 0.29) is 17.2 Å². The lowest BCUT2D eigenvalue weighted by Crippen LogP contribution is -2.44. The molecule has 2 aliphatic carbocycles. The Morgan fingerprint density at radius 3 is 2.57 bits per heavy atom. The highest BCUT2D eigenvalue weighted by Gasteiger charge is 2.40. The zero-order chi connectivity index (χ0) is 21.5. The molecule has 30 heavy (non-hydrogen) atoms. The quantitative estimate of drug-likeness (QED) is 0.669. The van der Waals surface area contributed by atoms with Gasteiger partial charge in [0.25, 0.3) is 5.91 Å². The Balaban J connectivity index is 1.56. The van der Waals surface area contributed by atoms with E-state index in [4.69, 9.17) is 9.26 Å². The molecule has 2 saturated carbocycles. The number of halogens is 3. The summed E-state index contributed by atoms with van der Waals surface area (Å²) >= 11 is 0. The monoisotopic (exact) mass is 423 g/mol. The molecule has 0 aliphatic heterocycles. The zero-order valence-electron chi connectivity index (χ0n) is 16.9. The third-order valence-electron chi connectivity index (χ3n) is 5.49. The Bertz CT molecular complexity index is 935. The Kier molecular flexibility index (Phi) is 5.23.